The summed E-state index contributed by atoms with van der Waals surface area (Å²) in [5.74, 6) is 1.36. The Labute approximate surface area is 105 Å². The van der Waals surface area contributed by atoms with E-state index in [1.807, 2.05) is 24.3 Å². The fourth-order valence-corrected chi connectivity index (χ4v) is 1.59. The Kier molecular flexibility index (Phi) is 3.78. The second-order valence-electron chi connectivity index (χ2n) is 3.65. The van der Waals surface area contributed by atoms with Crippen LogP contribution in [0.3, 0.4) is 0 Å². The molecule has 6 heteroatoms. The van der Waals surface area contributed by atoms with Gasteiger partial charge >= 0.3 is 0 Å². The Morgan fingerprint density at radius 2 is 1.89 bits per heavy atom. The van der Waals surface area contributed by atoms with Gasteiger partial charge in [0, 0.05) is 19.7 Å². The lowest BCUT2D eigenvalue weighted by molar-refractivity contribution is 0.0511. The van der Waals surface area contributed by atoms with Crippen LogP contribution in [0.1, 0.15) is 0 Å². The average Bonchev–Trinajstić information content (AvgIpc) is 2.78. The predicted octanol–water partition coefficient (Wildman–Crippen LogP) is 1.47. The van der Waals surface area contributed by atoms with Crippen LogP contribution in [0.4, 0.5) is 0 Å². The SMILES string of the molecule is COCOc1ccc(-c2nnn(C)c2OC)cc1. The molecule has 0 N–H and O–H groups in total. The molecule has 0 aliphatic carbocycles. The van der Waals surface area contributed by atoms with Crippen LogP contribution in [0.2, 0.25) is 0 Å². The van der Waals surface area contributed by atoms with Crippen LogP contribution in [0.15, 0.2) is 24.3 Å². The van der Waals surface area contributed by atoms with E-state index in [0.717, 1.165) is 11.3 Å². The van der Waals surface area contributed by atoms with E-state index in [-0.39, 0.29) is 6.79 Å². The van der Waals surface area contributed by atoms with Crippen LogP contribution in [0.25, 0.3) is 11.3 Å². The molecule has 96 valence electrons. The van der Waals surface area contributed by atoms with Gasteiger partial charge in [-0.2, -0.15) is 0 Å². The van der Waals surface area contributed by atoms with Gasteiger partial charge in [0.25, 0.3) is 0 Å². The lowest BCUT2D eigenvalue weighted by Crippen LogP contribution is -1.98. The van der Waals surface area contributed by atoms with E-state index in [4.69, 9.17) is 14.2 Å². The summed E-state index contributed by atoms with van der Waals surface area (Å²) in [5, 5.41) is 8.00. The number of hydrogen-bond donors (Lipinski definition) is 0. The van der Waals surface area contributed by atoms with Gasteiger partial charge in [0.15, 0.2) is 12.5 Å². The van der Waals surface area contributed by atoms with Gasteiger partial charge in [0.1, 0.15) is 5.75 Å². The second-order valence-corrected chi connectivity index (χ2v) is 3.65. The zero-order chi connectivity index (χ0) is 13.0. The van der Waals surface area contributed by atoms with E-state index in [0.29, 0.717) is 11.6 Å². The minimum Gasteiger partial charge on any atom is -0.480 e. The van der Waals surface area contributed by atoms with Crippen LogP contribution < -0.4 is 9.47 Å². The molecule has 1 aromatic heterocycles. The molecule has 0 spiro atoms. The summed E-state index contributed by atoms with van der Waals surface area (Å²) in [6.07, 6.45) is 0. The van der Waals surface area contributed by atoms with Gasteiger partial charge in [0.05, 0.1) is 7.11 Å². The number of methoxy groups -OCH3 is 2. The van der Waals surface area contributed by atoms with Crippen LogP contribution in [0.5, 0.6) is 11.6 Å². The fourth-order valence-electron chi connectivity index (χ4n) is 1.59. The van der Waals surface area contributed by atoms with Crippen LogP contribution in [0, 0.1) is 0 Å². The van der Waals surface area contributed by atoms with Crippen molar-refractivity contribution in [1.82, 2.24) is 15.0 Å². The number of ether oxygens (including phenoxy) is 3. The maximum absolute atomic E-state index is 5.31. The van der Waals surface area contributed by atoms with Crippen LogP contribution in [-0.2, 0) is 11.8 Å². The number of nitrogens with zero attached hydrogens (tertiary/aromatic N) is 3. The highest BCUT2D eigenvalue weighted by Gasteiger charge is 2.12. The summed E-state index contributed by atoms with van der Waals surface area (Å²) in [5.41, 5.74) is 1.63. The molecule has 1 aromatic carbocycles. The van der Waals surface area contributed by atoms with Crippen molar-refractivity contribution < 1.29 is 14.2 Å². The zero-order valence-corrected chi connectivity index (χ0v) is 10.6. The highest BCUT2D eigenvalue weighted by molar-refractivity contribution is 5.64. The van der Waals surface area contributed by atoms with Crippen molar-refractivity contribution >= 4 is 0 Å². The standard InChI is InChI=1S/C12H15N3O3/c1-15-12(17-3)11(13-14-15)9-4-6-10(7-5-9)18-8-16-2/h4-7H,8H2,1-3H3. The first kappa shape index (κ1) is 12.4. The predicted molar refractivity (Wildman–Crippen MR) is 65.5 cm³/mol. The van der Waals surface area contributed by atoms with Crippen molar-refractivity contribution in [1.29, 1.82) is 0 Å². The number of rotatable bonds is 5. The van der Waals surface area contributed by atoms with Gasteiger partial charge in [-0.05, 0) is 24.3 Å². The normalized spacial score (nSPS) is 10.4. The summed E-state index contributed by atoms with van der Waals surface area (Å²) >= 11 is 0. The fraction of sp³-hybridized carbons (Fsp3) is 0.333. The molecular formula is C12H15N3O3. The molecule has 0 aliphatic rings. The Hall–Kier alpha value is -2.08. The maximum atomic E-state index is 5.31. The van der Waals surface area contributed by atoms with E-state index in [1.54, 1.807) is 25.9 Å². The second kappa shape index (κ2) is 5.50. The largest absolute Gasteiger partial charge is 0.480 e. The Morgan fingerprint density at radius 3 is 2.50 bits per heavy atom. The van der Waals surface area contributed by atoms with Gasteiger partial charge in [-0.15, -0.1) is 5.10 Å². The molecule has 0 amide bonds. The maximum Gasteiger partial charge on any atom is 0.240 e. The molecule has 0 atom stereocenters. The van der Waals surface area contributed by atoms with E-state index >= 15 is 0 Å². The molecular weight excluding hydrogens is 234 g/mol. The summed E-state index contributed by atoms with van der Waals surface area (Å²) in [7, 11) is 4.96. The van der Waals surface area contributed by atoms with Crippen molar-refractivity contribution in [3.05, 3.63) is 24.3 Å². The number of aryl methyl sites for hydroxylation is 1. The third kappa shape index (κ3) is 2.43. The molecule has 0 aliphatic heterocycles. The Morgan fingerprint density at radius 1 is 1.17 bits per heavy atom. The summed E-state index contributed by atoms with van der Waals surface area (Å²) < 4.78 is 17.0. The van der Waals surface area contributed by atoms with Gasteiger partial charge < -0.3 is 14.2 Å². The van der Waals surface area contributed by atoms with E-state index in [2.05, 4.69) is 10.3 Å². The van der Waals surface area contributed by atoms with Gasteiger partial charge in [0.2, 0.25) is 5.88 Å². The smallest absolute Gasteiger partial charge is 0.240 e. The third-order valence-electron chi connectivity index (χ3n) is 2.44. The molecule has 0 saturated heterocycles. The van der Waals surface area contributed by atoms with Crippen LogP contribution >= 0.6 is 0 Å². The van der Waals surface area contributed by atoms with Crippen molar-refractivity contribution in [2.75, 3.05) is 21.0 Å². The zero-order valence-electron chi connectivity index (χ0n) is 10.6. The molecule has 2 aromatic rings. The highest BCUT2D eigenvalue weighted by atomic mass is 16.7. The molecule has 1 heterocycles. The third-order valence-corrected chi connectivity index (χ3v) is 2.44. The molecule has 0 fully saturated rings. The summed E-state index contributed by atoms with van der Waals surface area (Å²) in [6.45, 7) is 0.230. The Balaban J connectivity index is 2.23. The van der Waals surface area contributed by atoms with Crippen LogP contribution in [-0.4, -0.2) is 36.0 Å². The first-order chi connectivity index (χ1) is 8.76. The van der Waals surface area contributed by atoms with Gasteiger partial charge in [-0.3, -0.25) is 0 Å². The van der Waals surface area contributed by atoms with Gasteiger partial charge in [-0.25, -0.2) is 4.68 Å². The highest BCUT2D eigenvalue weighted by Crippen LogP contribution is 2.27. The minimum atomic E-state index is 0.230. The first-order valence-electron chi connectivity index (χ1n) is 5.42. The summed E-state index contributed by atoms with van der Waals surface area (Å²) in [4.78, 5) is 0. The molecule has 0 saturated carbocycles. The molecule has 0 bridgehead atoms. The number of hydrogen-bond acceptors (Lipinski definition) is 5. The quantitative estimate of drug-likeness (QED) is 0.751. The lowest BCUT2D eigenvalue weighted by Gasteiger charge is -2.05. The number of aromatic nitrogens is 3. The lowest BCUT2D eigenvalue weighted by atomic mass is 10.1. The van der Waals surface area contributed by atoms with Crippen molar-refractivity contribution in [3.63, 3.8) is 0 Å². The summed E-state index contributed by atoms with van der Waals surface area (Å²) in [6, 6.07) is 7.50. The van der Waals surface area contributed by atoms with E-state index < -0.39 is 0 Å². The topological polar surface area (TPSA) is 58.4 Å². The average molecular weight is 249 g/mol. The molecule has 18 heavy (non-hydrogen) atoms. The van der Waals surface area contributed by atoms with Crippen molar-refractivity contribution in [3.8, 4) is 22.9 Å². The monoisotopic (exact) mass is 249 g/mol. The molecule has 0 unspecified atom stereocenters. The Bertz CT molecular complexity index is 508. The van der Waals surface area contributed by atoms with E-state index in [1.165, 1.54) is 0 Å². The van der Waals surface area contributed by atoms with Gasteiger partial charge in [-0.1, -0.05) is 5.21 Å². The first-order valence-corrected chi connectivity index (χ1v) is 5.42. The molecule has 6 nitrogen and oxygen atoms in total. The van der Waals surface area contributed by atoms with E-state index in [9.17, 15) is 0 Å². The molecule has 0 radical (unpaired) electrons. The van der Waals surface area contributed by atoms with Crippen molar-refractivity contribution in [2.45, 2.75) is 0 Å². The molecule has 2 rings (SSSR count). The minimum absolute atomic E-state index is 0.230. The number of benzene rings is 1. The van der Waals surface area contributed by atoms with Crippen molar-refractivity contribution in [2.24, 2.45) is 7.05 Å².